The maximum atomic E-state index is 13.8. The van der Waals surface area contributed by atoms with Crippen molar-refractivity contribution in [3.63, 3.8) is 0 Å². The molecule has 53 heavy (non-hydrogen) atoms. The van der Waals surface area contributed by atoms with Gasteiger partial charge in [-0.1, -0.05) is 74.1 Å². The van der Waals surface area contributed by atoms with Gasteiger partial charge in [-0.25, -0.2) is 4.79 Å². The maximum absolute atomic E-state index is 13.8. The third-order valence-electron chi connectivity index (χ3n) is 11.2. The van der Waals surface area contributed by atoms with Crippen LogP contribution in [0, 0.1) is 0 Å². The third-order valence-corrected chi connectivity index (χ3v) is 13.8. The SMILES string of the molecule is CCN1C(=O)/C(=c2/s/c(=C\c3ccc(-c4ccc5c(c4)C4(C)CCCCC4(C)N5c4ccc(OC)cc4)cc3)c(=O)n2C(CC(=O)O)C(=O)O)SC1=S. The van der Waals surface area contributed by atoms with Crippen molar-refractivity contribution in [2.24, 2.45) is 0 Å². The summed E-state index contributed by atoms with van der Waals surface area (Å²) in [5.74, 6) is -2.50. The number of carboxylic acid groups (broad SMARTS) is 2. The molecule has 1 aromatic heterocycles. The number of thioether (sulfide) groups is 1. The summed E-state index contributed by atoms with van der Waals surface area (Å²) in [5.41, 5.74) is 5.59. The van der Waals surface area contributed by atoms with Gasteiger partial charge in [0.15, 0.2) is 0 Å². The number of thiazole rings is 1. The molecule has 0 bridgehead atoms. The van der Waals surface area contributed by atoms with Crippen molar-refractivity contribution in [1.82, 2.24) is 9.47 Å². The smallest absolute Gasteiger partial charge is 0.327 e. The molecule has 1 aliphatic carbocycles. The fourth-order valence-electron chi connectivity index (χ4n) is 8.16. The summed E-state index contributed by atoms with van der Waals surface area (Å²) in [4.78, 5) is 55.0. The molecule has 3 aromatic carbocycles. The van der Waals surface area contributed by atoms with Gasteiger partial charge in [0, 0.05) is 23.3 Å². The van der Waals surface area contributed by atoms with E-state index < -0.39 is 35.9 Å². The van der Waals surface area contributed by atoms with Gasteiger partial charge in [0.1, 0.15) is 25.7 Å². The fourth-order valence-corrected chi connectivity index (χ4v) is 10.8. The van der Waals surface area contributed by atoms with E-state index in [1.54, 1.807) is 20.1 Å². The number of amides is 1. The number of nitrogens with zero attached hydrogens (tertiary/aromatic N) is 3. The van der Waals surface area contributed by atoms with Crippen LogP contribution in [0.4, 0.5) is 11.4 Å². The average Bonchev–Trinajstić information content (AvgIpc) is 3.69. The van der Waals surface area contributed by atoms with Crippen LogP contribution in [-0.2, 0) is 19.8 Å². The summed E-state index contributed by atoms with van der Waals surface area (Å²) < 4.78 is 6.89. The van der Waals surface area contributed by atoms with Crippen molar-refractivity contribution in [3.05, 3.63) is 97.4 Å². The highest BCUT2D eigenvalue weighted by Crippen LogP contribution is 2.61. The number of aliphatic carboxylic acids is 2. The number of carboxylic acids is 2. The van der Waals surface area contributed by atoms with Gasteiger partial charge < -0.3 is 19.8 Å². The highest BCUT2D eigenvalue weighted by Gasteiger charge is 2.57. The van der Waals surface area contributed by atoms with Crippen LogP contribution in [0.5, 0.6) is 5.75 Å². The lowest BCUT2D eigenvalue weighted by molar-refractivity contribution is -0.147. The maximum Gasteiger partial charge on any atom is 0.327 e. The van der Waals surface area contributed by atoms with Crippen LogP contribution in [-0.4, -0.2) is 61.0 Å². The first-order valence-corrected chi connectivity index (χ1v) is 19.5. The first kappa shape index (κ1) is 36.6. The van der Waals surface area contributed by atoms with Gasteiger partial charge in [0.05, 0.1) is 23.6 Å². The lowest BCUT2D eigenvalue weighted by Gasteiger charge is -2.50. The molecule has 7 rings (SSSR count). The van der Waals surface area contributed by atoms with Gasteiger partial charge in [0.2, 0.25) is 0 Å². The molecule has 3 unspecified atom stereocenters. The number of anilines is 2. The number of carbonyl (C=O) groups excluding carboxylic acids is 1. The van der Waals surface area contributed by atoms with E-state index in [-0.39, 0.29) is 29.4 Å². The van der Waals surface area contributed by atoms with Crippen LogP contribution in [0.15, 0.2) is 71.5 Å². The zero-order valence-electron chi connectivity index (χ0n) is 29.8. The van der Waals surface area contributed by atoms with Crippen LogP contribution in [0.2, 0.25) is 0 Å². The second kappa shape index (κ2) is 13.9. The molecule has 3 aliphatic rings. The zero-order chi connectivity index (χ0) is 37.8. The van der Waals surface area contributed by atoms with E-state index in [0.29, 0.717) is 12.1 Å². The third kappa shape index (κ3) is 6.08. The Labute approximate surface area is 320 Å². The lowest BCUT2D eigenvalue weighted by Crippen LogP contribution is -2.54. The zero-order valence-corrected chi connectivity index (χ0v) is 32.2. The van der Waals surface area contributed by atoms with Crippen LogP contribution in [0.25, 0.3) is 22.1 Å². The number of benzene rings is 3. The van der Waals surface area contributed by atoms with Crippen LogP contribution >= 0.6 is 35.3 Å². The standard InChI is InChI=1S/C40H39N3O7S3/c1-5-41-35(47)33(53-38(41)51)36-42(30(37(48)49)22-32(44)45)34(46)31(52-36)20-23-8-10-24(11-9-23)25-12-17-29-28(21-25)39(2)18-6-7-19-40(39,3)43(29)26-13-15-27(50-4)16-14-26/h8-17,20-21,30H,5-7,18-19,22H2,1-4H3,(H,44,45)(H,48,49)/b31-20-,36-33-. The van der Waals surface area contributed by atoms with E-state index in [0.717, 1.165) is 63.1 Å². The summed E-state index contributed by atoms with van der Waals surface area (Å²) in [6, 6.07) is 21.0. The van der Waals surface area contributed by atoms with Gasteiger partial charge in [-0.2, -0.15) is 0 Å². The summed E-state index contributed by atoms with van der Waals surface area (Å²) in [5, 5.41) is 19.5. The Morgan fingerprint density at radius 2 is 1.66 bits per heavy atom. The molecule has 3 atom stereocenters. The van der Waals surface area contributed by atoms with E-state index in [9.17, 15) is 29.4 Å². The fraction of sp³-hybridized carbons (Fsp3) is 0.325. The monoisotopic (exact) mass is 769 g/mol. The van der Waals surface area contributed by atoms with Crippen molar-refractivity contribution < 1.29 is 29.3 Å². The van der Waals surface area contributed by atoms with Gasteiger partial charge >= 0.3 is 11.9 Å². The minimum atomic E-state index is -1.71. The first-order chi connectivity index (χ1) is 25.3. The first-order valence-electron chi connectivity index (χ1n) is 17.5. The molecule has 274 valence electrons. The number of hydrogen-bond donors (Lipinski definition) is 2. The van der Waals surface area contributed by atoms with E-state index in [4.69, 9.17) is 17.0 Å². The van der Waals surface area contributed by atoms with Crippen LogP contribution in [0.3, 0.4) is 0 Å². The molecule has 2 N–H and O–H groups in total. The molecule has 3 heterocycles. The number of carbonyl (C=O) groups is 3. The number of thiocarbonyl (C=S) groups is 1. The normalized spacial score (nSPS) is 22.9. The number of ether oxygens (including phenoxy) is 1. The molecule has 2 aliphatic heterocycles. The van der Waals surface area contributed by atoms with Crippen molar-refractivity contribution >= 4 is 79.8 Å². The van der Waals surface area contributed by atoms with E-state index in [2.05, 4.69) is 49.1 Å². The Kier molecular flexibility index (Phi) is 9.62. The average molecular weight is 770 g/mol. The second-order valence-electron chi connectivity index (χ2n) is 14.0. The molecular weight excluding hydrogens is 731 g/mol. The number of aromatic nitrogens is 1. The number of methoxy groups -OCH3 is 1. The van der Waals surface area contributed by atoms with E-state index in [1.165, 1.54) is 29.0 Å². The van der Waals surface area contributed by atoms with Crippen LogP contribution < -0.4 is 24.4 Å². The number of rotatable bonds is 9. The van der Waals surface area contributed by atoms with Crippen LogP contribution in [0.1, 0.15) is 70.0 Å². The molecule has 2 fully saturated rings. The molecule has 13 heteroatoms. The molecule has 0 radical (unpaired) electrons. The summed E-state index contributed by atoms with van der Waals surface area (Å²) in [6.45, 7) is 6.85. The predicted molar refractivity (Wildman–Crippen MR) is 213 cm³/mol. The van der Waals surface area contributed by atoms with Gasteiger partial charge in [-0.15, -0.1) is 11.3 Å². The Morgan fingerprint density at radius 3 is 2.28 bits per heavy atom. The summed E-state index contributed by atoms with van der Waals surface area (Å²) in [7, 11) is 1.68. The van der Waals surface area contributed by atoms with Crippen molar-refractivity contribution in [2.75, 3.05) is 18.6 Å². The van der Waals surface area contributed by atoms with Crippen molar-refractivity contribution in [2.45, 2.75) is 69.9 Å². The number of fused-ring (bicyclic) bond motifs is 3. The van der Waals surface area contributed by atoms with Crippen molar-refractivity contribution in [1.29, 1.82) is 0 Å². The topological polar surface area (TPSA) is 129 Å². The van der Waals surface area contributed by atoms with Gasteiger partial charge in [0.25, 0.3) is 11.5 Å². The minimum absolute atomic E-state index is 0.0651. The highest BCUT2D eigenvalue weighted by atomic mass is 32.2. The van der Waals surface area contributed by atoms with Crippen molar-refractivity contribution in [3.8, 4) is 16.9 Å². The Bertz CT molecular complexity index is 2350. The molecule has 10 nitrogen and oxygen atoms in total. The summed E-state index contributed by atoms with van der Waals surface area (Å²) in [6.07, 6.45) is 5.31. The lowest BCUT2D eigenvalue weighted by atomic mass is 9.61. The number of hydrogen-bond acceptors (Lipinski definition) is 9. The second-order valence-corrected chi connectivity index (χ2v) is 16.7. The van der Waals surface area contributed by atoms with Gasteiger partial charge in [-0.3, -0.25) is 23.9 Å². The molecule has 0 spiro atoms. The highest BCUT2D eigenvalue weighted by molar-refractivity contribution is 8.30. The molecule has 1 saturated heterocycles. The Balaban J connectivity index is 1.29. The molecule has 4 aromatic rings. The van der Waals surface area contributed by atoms with Gasteiger partial charge in [-0.05, 0) is 91.4 Å². The summed E-state index contributed by atoms with van der Waals surface area (Å²) >= 11 is 7.30. The van der Waals surface area contributed by atoms with E-state index in [1.807, 2.05) is 36.4 Å². The Morgan fingerprint density at radius 1 is 0.981 bits per heavy atom. The molecule has 1 amide bonds. The minimum Gasteiger partial charge on any atom is -0.497 e. The predicted octanol–water partition coefficient (Wildman–Crippen LogP) is 6.25. The quantitative estimate of drug-likeness (QED) is 0.189. The largest absolute Gasteiger partial charge is 0.497 e. The van der Waals surface area contributed by atoms with E-state index >= 15 is 0 Å². The molecular formula is C40H39N3O7S3. The molecule has 1 saturated carbocycles. The Hall–Kier alpha value is -4.72.